The first kappa shape index (κ1) is 21.8. The van der Waals surface area contributed by atoms with Crippen LogP contribution in [0.25, 0.3) is 16.9 Å². The van der Waals surface area contributed by atoms with Gasteiger partial charge in [0.1, 0.15) is 0 Å². The number of anilines is 1. The van der Waals surface area contributed by atoms with E-state index in [1.807, 2.05) is 41.7 Å². The number of nitrogens with one attached hydrogen (secondary N) is 1. The molecule has 0 radical (unpaired) electrons. The van der Waals surface area contributed by atoms with E-state index in [4.69, 9.17) is 4.74 Å². The van der Waals surface area contributed by atoms with Crippen LogP contribution in [0.5, 0.6) is 0 Å². The van der Waals surface area contributed by atoms with E-state index >= 15 is 0 Å². The third-order valence-corrected chi connectivity index (χ3v) is 4.63. The van der Waals surface area contributed by atoms with Gasteiger partial charge < -0.3 is 10.1 Å². The summed E-state index contributed by atoms with van der Waals surface area (Å²) < 4.78 is 46.6. The number of nitrogens with zero attached hydrogens (tertiary/aromatic N) is 2. The standard InChI is InChI=1S/C24H16F3N3O3/c25-17-11-12-18(23(27)22(17)26)28-21(31)14-33-24(32)20-13-19(15-7-3-1-4-8-15)29-30(20)16-9-5-2-6-10-16/h1-13H,14H2,(H,28,31). The number of rotatable bonds is 6. The summed E-state index contributed by atoms with van der Waals surface area (Å²) in [7, 11) is 0. The van der Waals surface area contributed by atoms with Crippen molar-refractivity contribution in [3.05, 3.63) is 102 Å². The molecule has 0 bridgehead atoms. The van der Waals surface area contributed by atoms with Crippen molar-refractivity contribution in [3.63, 3.8) is 0 Å². The zero-order chi connectivity index (χ0) is 23.4. The van der Waals surface area contributed by atoms with E-state index in [2.05, 4.69) is 5.10 Å². The van der Waals surface area contributed by atoms with Crippen LogP contribution < -0.4 is 5.32 Å². The second-order valence-corrected chi connectivity index (χ2v) is 6.88. The molecule has 1 heterocycles. The van der Waals surface area contributed by atoms with Crippen molar-refractivity contribution in [1.29, 1.82) is 0 Å². The lowest BCUT2D eigenvalue weighted by molar-refractivity contribution is -0.119. The summed E-state index contributed by atoms with van der Waals surface area (Å²) in [5.74, 6) is -6.44. The molecule has 1 amide bonds. The van der Waals surface area contributed by atoms with Crippen molar-refractivity contribution in [1.82, 2.24) is 9.78 Å². The maximum atomic E-state index is 13.7. The van der Waals surface area contributed by atoms with Gasteiger partial charge in [0.2, 0.25) is 0 Å². The molecule has 4 rings (SSSR count). The van der Waals surface area contributed by atoms with Gasteiger partial charge in [0.15, 0.2) is 29.8 Å². The van der Waals surface area contributed by atoms with Gasteiger partial charge in [0.25, 0.3) is 5.91 Å². The molecule has 0 aliphatic heterocycles. The lowest BCUT2D eigenvalue weighted by Crippen LogP contribution is -2.23. The Labute approximate surface area is 186 Å². The molecule has 0 saturated carbocycles. The van der Waals surface area contributed by atoms with Crippen LogP contribution in [0.15, 0.2) is 78.9 Å². The van der Waals surface area contributed by atoms with Gasteiger partial charge in [-0.3, -0.25) is 4.79 Å². The van der Waals surface area contributed by atoms with Crippen molar-refractivity contribution >= 4 is 17.6 Å². The molecule has 0 unspecified atom stereocenters. The third kappa shape index (κ3) is 4.77. The maximum absolute atomic E-state index is 13.7. The summed E-state index contributed by atoms with van der Waals surface area (Å²) >= 11 is 0. The molecule has 3 aromatic carbocycles. The van der Waals surface area contributed by atoms with Crippen LogP contribution in [0.3, 0.4) is 0 Å². The number of para-hydroxylation sites is 1. The molecule has 33 heavy (non-hydrogen) atoms. The van der Waals surface area contributed by atoms with Crippen molar-refractivity contribution < 1.29 is 27.5 Å². The van der Waals surface area contributed by atoms with Gasteiger partial charge in [-0.05, 0) is 30.3 Å². The normalized spacial score (nSPS) is 10.6. The number of ether oxygens (including phenoxy) is 1. The van der Waals surface area contributed by atoms with E-state index in [0.29, 0.717) is 17.4 Å². The van der Waals surface area contributed by atoms with Crippen molar-refractivity contribution in [2.45, 2.75) is 0 Å². The average molecular weight is 451 g/mol. The zero-order valence-electron chi connectivity index (χ0n) is 17.0. The minimum atomic E-state index is -1.72. The molecule has 0 aliphatic rings. The Hall–Kier alpha value is -4.40. The second kappa shape index (κ2) is 9.39. The van der Waals surface area contributed by atoms with Gasteiger partial charge in [0.05, 0.1) is 17.1 Å². The number of hydrogen-bond acceptors (Lipinski definition) is 4. The fraction of sp³-hybridized carbons (Fsp3) is 0.0417. The minimum Gasteiger partial charge on any atom is -0.451 e. The Morgan fingerprint density at radius 3 is 2.24 bits per heavy atom. The van der Waals surface area contributed by atoms with Crippen LogP contribution in [-0.2, 0) is 9.53 Å². The van der Waals surface area contributed by atoms with Gasteiger partial charge in [-0.2, -0.15) is 5.10 Å². The summed E-state index contributed by atoms with van der Waals surface area (Å²) in [6.45, 7) is -0.780. The molecule has 0 aliphatic carbocycles. The lowest BCUT2D eigenvalue weighted by atomic mass is 10.1. The number of amides is 1. The number of benzene rings is 3. The van der Waals surface area contributed by atoms with Crippen LogP contribution in [0, 0.1) is 17.5 Å². The highest BCUT2D eigenvalue weighted by molar-refractivity contribution is 5.95. The fourth-order valence-electron chi connectivity index (χ4n) is 3.06. The van der Waals surface area contributed by atoms with Gasteiger partial charge in [-0.1, -0.05) is 48.5 Å². The Kier molecular flexibility index (Phi) is 6.21. The predicted molar refractivity (Wildman–Crippen MR) is 114 cm³/mol. The van der Waals surface area contributed by atoms with Crippen molar-refractivity contribution in [2.75, 3.05) is 11.9 Å². The number of carbonyl (C=O) groups is 2. The van der Waals surface area contributed by atoms with E-state index in [0.717, 1.165) is 11.6 Å². The van der Waals surface area contributed by atoms with E-state index in [9.17, 15) is 22.8 Å². The van der Waals surface area contributed by atoms with Crippen molar-refractivity contribution in [2.24, 2.45) is 0 Å². The molecule has 1 N–H and O–H groups in total. The Bertz CT molecular complexity index is 1310. The molecule has 0 atom stereocenters. The highest BCUT2D eigenvalue weighted by Crippen LogP contribution is 2.23. The SMILES string of the molecule is O=C(COC(=O)c1cc(-c2ccccc2)nn1-c1ccccc1)Nc1ccc(F)c(F)c1F. The van der Waals surface area contributed by atoms with Gasteiger partial charge in [-0.25, -0.2) is 22.6 Å². The van der Waals surface area contributed by atoms with Crippen LogP contribution >= 0.6 is 0 Å². The van der Waals surface area contributed by atoms with Crippen LogP contribution in [0.1, 0.15) is 10.5 Å². The third-order valence-electron chi connectivity index (χ3n) is 4.63. The first-order valence-corrected chi connectivity index (χ1v) is 9.75. The smallest absolute Gasteiger partial charge is 0.357 e. The predicted octanol–water partition coefficient (Wildman–Crippen LogP) is 4.75. The van der Waals surface area contributed by atoms with Gasteiger partial charge >= 0.3 is 5.97 Å². The highest BCUT2D eigenvalue weighted by Gasteiger charge is 2.21. The number of esters is 1. The summed E-state index contributed by atoms with van der Waals surface area (Å²) in [5.41, 5.74) is 1.37. The van der Waals surface area contributed by atoms with Crippen LogP contribution in [-0.4, -0.2) is 28.3 Å². The van der Waals surface area contributed by atoms with E-state index in [-0.39, 0.29) is 5.69 Å². The molecule has 0 saturated heterocycles. The summed E-state index contributed by atoms with van der Waals surface area (Å²) in [4.78, 5) is 24.8. The first-order valence-electron chi connectivity index (χ1n) is 9.75. The summed E-state index contributed by atoms with van der Waals surface area (Å²) in [5, 5.41) is 6.53. The number of carbonyl (C=O) groups excluding carboxylic acids is 2. The molecule has 0 fully saturated rings. The second-order valence-electron chi connectivity index (χ2n) is 6.88. The zero-order valence-corrected chi connectivity index (χ0v) is 17.0. The van der Waals surface area contributed by atoms with Crippen molar-refractivity contribution in [3.8, 4) is 16.9 Å². The molecular weight excluding hydrogens is 435 g/mol. The Morgan fingerprint density at radius 2 is 1.55 bits per heavy atom. The topological polar surface area (TPSA) is 73.2 Å². The largest absolute Gasteiger partial charge is 0.451 e. The highest BCUT2D eigenvalue weighted by atomic mass is 19.2. The summed E-state index contributed by atoms with van der Waals surface area (Å²) in [6, 6.07) is 21.1. The Morgan fingerprint density at radius 1 is 0.879 bits per heavy atom. The molecule has 9 heteroatoms. The van der Waals surface area contributed by atoms with E-state index in [1.165, 1.54) is 10.7 Å². The quantitative estimate of drug-likeness (QED) is 0.339. The maximum Gasteiger partial charge on any atom is 0.357 e. The molecule has 4 aromatic rings. The molecule has 0 spiro atoms. The van der Waals surface area contributed by atoms with E-state index < -0.39 is 41.6 Å². The number of aromatic nitrogens is 2. The minimum absolute atomic E-state index is 0.0619. The monoisotopic (exact) mass is 451 g/mol. The molecule has 1 aromatic heterocycles. The Balaban J connectivity index is 1.53. The van der Waals surface area contributed by atoms with Gasteiger partial charge in [-0.15, -0.1) is 0 Å². The van der Waals surface area contributed by atoms with E-state index in [1.54, 1.807) is 24.3 Å². The van der Waals surface area contributed by atoms with Crippen LogP contribution in [0.2, 0.25) is 0 Å². The van der Waals surface area contributed by atoms with Gasteiger partial charge in [0, 0.05) is 5.56 Å². The lowest BCUT2D eigenvalue weighted by Gasteiger charge is -2.09. The molecule has 6 nitrogen and oxygen atoms in total. The number of hydrogen-bond donors (Lipinski definition) is 1. The molecule has 166 valence electrons. The average Bonchev–Trinajstić information content (AvgIpc) is 3.30. The summed E-state index contributed by atoms with van der Waals surface area (Å²) in [6.07, 6.45) is 0. The van der Waals surface area contributed by atoms with Crippen LogP contribution in [0.4, 0.5) is 18.9 Å². The molecular formula is C24H16F3N3O3. The fourth-order valence-corrected chi connectivity index (χ4v) is 3.06. The first-order chi connectivity index (χ1) is 15.9. The number of halogens is 3.